The van der Waals surface area contributed by atoms with Crippen LogP contribution < -0.4 is 0 Å². The molecule has 1 aromatic heterocycles. The number of aromatic nitrogens is 1. The van der Waals surface area contributed by atoms with Crippen molar-refractivity contribution in [3.63, 3.8) is 0 Å². The molecule has 0 N–H and O–H groups in total. The highest BCUT2D eigenvalue weighted by Crippen LogP contribution is 2.22. The molecule has 0 fully saturated rings. The van der Waals surface area contributed by atoms with Crippen LogP contribution in [0.1, 0.15) is 5.56 Å². The predicted octanol–water partition coefficient (Wildman–Crippen LogP) is 4.36. The second kappa shape index (κ2) is 5.09. The summed E-state index contributed by atoms with van der Waals surface area (Å²) in [6.07, 6.45) is 2.03. The van der Waals surface area contributed by atoms with E-state index >= 15 is 0 Å². The molecule has 2 aromatic carbocycles. The summed E-state index contributed by atoms with van der Waals surface area (Å²) >= 11 is 3.46. The van der Waals surface area contributed by atoms with E-state index in [1.54, 1.807) is 12.1 Å². The number of nitro groups is 1. The third kappa shape index (κ3) is 2.44. The molecule has 3 aromatic rings. The van der Waals surface area contributed by atoms with Crippen molar-refractivity contribution in [1.82, 2.24) is 4.57 Å². The summed E-state index contributed by atoms with van der Waals surface area (Å²) in [6, 6.07) is 14.9. The van der Waals surface area contributed by atoms with Crippen molar-refractivity contribution in [2.75, 3.05) is 0 Å². The molecule has 0 saturated carbocycles. The highest BCUT2D eigenvalue weighted by molar-refractivity contribution is 9.10. The van der Waals surface area contributed by atoms with Gasteiger partial charge in [-0.05, 0) is 29.8 Å². The van der Waals surface area contributed by atoms with E-state index in [0.29, 0.717) is 6.54 Å². The minimum atomic E-state index is -0.383. The van der Waals surface area contributed by atoms with E-state index in [1.807, 2.05) is 12.3 Å². The van der Waals surface area contributed by atoms with E-state index in [-0.39, 0.29) is 10.6 Å². The lowest BCUT2D eigenvalue weighted by atomic mass is 10.2. The van der Waals surface area contributed by atoms with E-state index < -0.39 is 0 Å². The van der Waals surface area contributed by atoms with Crippen molar-refractivity contribution < 1.29 is 4.92 Å². The number of hydrogen-bond donors (Lipinski definition) is 0. The van der Waals surface area contributed by atoms with E-state index in [0.717, 1.165) is 15.6 Å². The van der Waals surface area contributed by atoms with Crippen LogP contribution in [-0.2, 0) is 6.54 Å². The van der Waals surface area contributed by atoms with Crippen molar-refractivity contribution in [2.24, 2.45) is 0 Å². The van der Waals surface area contributed by atoms with Crippen molar-refractivity contribution in [2.45, 2.75) is 6.54 Å². The summed E-state index contributed by atoms with van der Waals surface area (Å²) in [5, 5.41) is 11.8. The largest absolute Gasteiger partial charge is 0.343 e. The lowest BCUT2D eigenvalue weighted by molar-refractivity contribution is -0.384. The molecule has 4 nitrogen and oxygen atoms in total. The Morgan fingerprint density at radius 2 is 1.85 bits per heavy atom. The summed E-state index contributed by atoms with van der Waals surface area (Å²) < 4.78 is 3.18. The summed E-state index contributed by atoms with van der Waals surface area (Å²) in [4.78, 5) is 10.2. The second-order valence-corrected chi connectivity index (χ2v) is 5.49. The lowest BCUT2D eigenvalue weighted by Gasteiger charge is -2.05. The Bertz CT molecular complexity index is 778. The zero-order chi connectivity index (χ0) is 14.1. The Morgan fingerprint density at radius 3 is 2.55 bits per heavy atom. The molecule has 1 heterocycles. The Hall–Kier alpha value is -2.14. The highest BCUT2D eigenvalue weighted by atomic mass is 79.9. The van der Waals surface area contributed by atoms with Gasteiger partial charge in [-0.1, -0.05) is 28.1 Å². The zero-order valence-corrected chi connectivity index (χ0v) is 12.1. The maximum Gasteiger partial charge on any atom is 0.269 e. The van der Waals surface area contributed by atoms with Gasteiger partial charge in [-0.25, -0.2) is 0 Å². The molecule has 0 unspecified atom stereocenters. The molecule has 5 heteroatoms. The van der Waals surface area contributed by atoms with Gasteiger partial charge in [-0.15, -0.1) is 0 Å². The number of nitrogens with zero attached hydrogens (tertiary/aromatic N) is 2. The monoisotopic (exact) mass is 330 g/mol. The molecule has 0 aliphatic heterocycles. The van der Waals surface area contributed by atoms with Gasteiger partial charge in [-0.2, -0.15) is 0 Å². The molecule has 0 bridgehead atoms. The first-order valence-corrected chi connectivity index (χ1v) is 6.90. The molecular formula is C15H11BrN2O2. The van der Waals surface area contributed by atoms with Crippen LogP contribution in [0.25, 0.3) is 10.9 Å². The van der Waals surface area contributed by atoms with Crippen molar-refractivity contribution in [3.8, 4) is 0 Å². The third-order valence-corrected chi connectivity index (χ3v) is 3.73. The van der Waals surface area contributed by atoms with Gasteiger partial charge < -0.3 is 4.57 Å². The summed E-state index contributed by atoms with van der Waals surface area (Å²) in [5.74, 6) is 0. The maximum atomic E-state index is 10.6. The van der Waals surface area contributed by atoms with Gasteiger partial charge in [0.2, 0.25) is 0 Å². The Labute approximate surface area is 123 Å². The van der Waals surface area contributed by atoms with Gasteiger partial charge in [0.15, 0.2) is 0 Å². The SMILES string of the molecule is O=[N+]([O-])c1ccc(Cn2ccc3cc(Br)ccc32)cc1. The lowest BCUT2D eigenvalue weighted by Crippen LogP contribution is -1.98. The number of halogens is 1. The van der Waals surface area contributed by atoms with Crippen LogP contribution in [0.5, 0.6) is 0 Å². The molecule has 0 atom stereocenters. The molecular weight excluding hydrogens is 320 g/mol. The van der Waals surface area contributed by atoms with Crippen LogP contribution in [0, 0.1) is 10.1 Å². The number of benzene rings is 2. The molecule has 0 radical (unpaired) electrons. The van der Waals surface area contributed by atoms with Crippen molar-refractivity contribution in [3.05, 3.63) is 74.9 Å². The minimum Gasteiger partial charge on any atom is -0.343 e. The second-order valence-electron chi connectivity index (χ2n) is 4.57. The highest BCUT2D eigenvalue weighted by Gasteiger charge is 2.06. The fourth-order valence-corrected chi connectivity index (χ4v) is 2.61. The van der Waals surface area contributed by atoms with E-state index in [2.05, 4.69) is 38.7 Å². The van der Waals surface area contributed by atoms with Gasteiger partial charge >= 0.3 is 0 Å². The topological polar surface area (TPSA) is 48.1 Å². The molecule has 0 amide bonds. The van der Waals surface area contributed by atoms with E-state index in [4.69, 9.17) is 0 Å². The standard InChI is InChI=1S/C15H11BrN2O2/c16-13-3-6-15-12(9-13)7-8-17(15)10-11-1-4-14(5-2-11)18(19)20/h1-9H,10H2. The van der Waals surface area contributed by atoms with Crippen LogP contribution in [-0.4, -0.2) is 9.49 Å². The van der Waals surface area contributed by atoms with E-state index in [1.165, 1.54) is 17.5 Å². The van der Waals surface area contributed by atoms with Gasteiger partial charge in [0, 0.05) is 40.2 Å². The molecule has 0 aliphatic rings. The van der Waals surface area contributed by atoms with Gasteiger partial charge in [0.1, 0.15) is 0 Å². The first-order chi connectivity index (χ1) is 9.63. The zero-order valence-electron chi connectivity index (χ0n) is 10.5. The molecule has 20 heavy (non-hydrogen) atoms. The number of hydrogen-bond acceptors (Lipinski definition) is 2. The molecule has 3 rings (SSSR count). The predicted molar refractivity (Wildman–Crippen MR) is 81.8 cm³/mol. The molecule has 0 saturated heterocycles. The number of non-ortho nitro benzene ring substituents is 1. The molecule has 0 aliphatic carbocycles. The average molecular weight is 331 g/mol. The van der Waals surface area contributed by atoms with Crippen molar-refractivity contribution in [1.29, 1.82) is 0 Å². The van der Waals surface area contributed by atoms with Gasteiger partial charge in [0.05, 0.1) is 4.92 Å². The first-order valence-electron chi connectivity index (χ1n) is 6.11. The fraction of sp³-hybridized carbons (Fsp3) is 0.0667. The van der Waals surface area contributed by atoms with Crippen LogP contribution in [0.2, 0.25) is 0 Å². The Balaban J connectivity index is 1.91. The maximum absolute atomic E-state index is 10.6. The quantitative estimate of drug-likeness (QED) is 0.529. The average Bonchev–Trinajstić information content (AvgIpc) is 2.81. The van der Waals surface area contributed by atoms with Gasteiger partial charge in [0.25, 0.3) is 5.69 Å². The number of nitro benzene ring substituents is 1. The Kier molecular flexibility index (Phi) is 3.28. The van der Waals surface area contributed by atoms with Crippen LogP contribution in [0.15, 0.2) is 59.2 Å². The first kappa shape index (κ1) is 12.9. The minimum absolute atomic E-state index is 0.120. The van der Waals surface area contributed by atoms with Crippen LogP contribution >= 0.6 is 15.9 Å². The number of fused-ring (bicyclic) bond motifs is 1. The summed E-state index contributed by atoms with van der Waals surface area (Å²) in [6.45, 7) is 0.698. The van der Waals surface area contributed by atoms with Crippen LogP contribution in [0.3, 0.4) is 0 Å². The molecule has 0 spiro atoms. The van der Waals surface area contributed by atoms with Gasteiger partial charge in [-0.3, -0.25) is 10.1 Å². The summed E-state index contributed by atoms with van der Waals surface area (Å²) in [5.41, 5.74) is 2.30. The smallest absolute Gasteiger partial charge is 0.269 e. The molecule has 100 valence electrons. The fourth-order valence-electron chi connectivity index (χ4n) is 2.23. The Morgan fingerprint density at radius 1 is 1.10 bits per heavy atom. The van der Waals surface area contributed by atoms with Crippen LogP contribution in [0.4, 0.5) is 5.69 Å². The number of rotatable bonds is 3. The third-order valence-electron chi connectivity index (χ3n) is 3.23. The summed E-state index contributed by atoms with van der Waals surface area (Å²) in [7, 11) is 0. The normalized spacial score (nSPS) is 10.8. The van der Waals surface area contributed by atoms with Crippen molar-refractivity contribution >= 4 is 32.5 Å². The van der Waals surface area contributed by atoms with E-state index in [9.17, 15) is 10.1 Å².